The lowest BCUT2D eigenvalue weighted by atomic mass is 10.3. The zero-order valence-electron chi connectivity index (χ0n) is 9.10. The first-order chi connectivity index (χ1) is 6.27. The summed E-state index contributed by atoms with van der Waals surface area (Å²) in [6, 6.07) is 0.609. The van der Waals surface area contributed by atoms with Crippen LogP contribution >= 0.6 is 0 Å². The van der Waals surface area contributed by atoms with Crippen molar-refractivity contribution in [3.05, 3.63) is 0 Å². The summed E-state index contributed by atoms with van der Waals surface area (Å²) in [5.74, 6) is 0. The highest BCUT2D eigenvalue weighted by atomic mass is 14.9. The highest BCUT2D eigenvalue weighted by molar-refractivity contribution is 4.55. The zero-order valence-corrected chi connectivity index (χ0v) is 9.10. The molecule has 0 aromatic rings. The van der Waals surface area contributed by atoms with Crippen LogP contribution in [0, 0.1) is 0 Å². The van der Waals surface area contributed by atoms with Crippen LogP contribution in [0.2, 0.25) is 0 Å². The van der Waals surface area contributed by atoms with Gasteiger partial charge in [-0.05, 0) is 45.4 Å². The molecular formula is C10H25N3. The summed E-state index contributed by atoms with van der Waals surface area (Å²) < 4.78 is 0. The average molecular weight is 187 g/mol. The van der Waals surface area contributed by atoms with Gasteiger partial charge in [-0.1, -0.05) is 13.8 Å². The molecule has 0 unspecified atom stereocenters. The molecule has 0 aromatic carbocycles. The molecule has 0 bridgehead atoms. The predicted molar refractivity (Wildman–Crippen MR) is 58.9 cm³/mol. The molecule has 0 aromatic heterocycles. The largest absolute Gasteiger partial charge is 0.330 e. The van der Waals surface area contributed by atoms with Crippen molar-refractivity contribution in [2.45, 2.75) is 39.2 Å². The second kappa shape index (κ2) is 9.96. The molecule has 3 heteroatoms. The molecule has 0 rings (SSSR count). The molecule has 0 aliphatic rings. The Balaban J connectivity index is 2.84. The fourth-order valence-corrected chi connectivity index (χ4v) is 1.12. The molecule has 0 aliphatic heterocycles. The van der Waals surface area contributed by atoms with Crippen LogP contribution in [0.5, 0.6) is 0 Å². The number of hydrogen-bond donors (Lipinski definition) is 3. The van der Waals surface area contributed by atoms with Gasteiger partial charge in [0.05, 0.1) is 0 Å². The molecule has 0 saturated carbocycles. The van der Waals surface area contributed by atoms with E-state index in [-0.39, 0.29) is 0 Å². The normalized spacial score (nSPS) is 11.1. The van der Waals surface area contributed by atoms with Crippen molar-refractivity contribution in [2.24, 2.45) is 5.73 Å². The summed E-state index contributed by atoms with van der Waals surface area (Å²) in [5.41, 5.74) is 5.39. The molecule has 0 spiro atoms. The molecule has 80 valence electrons. The molecule has 13 heavy (non-hydrogen) atoms. The van der Waals surface area contributed by atoms with Gasteiger partial charge in [0.1, 0.15) is 0 Å². The van der Waals surface area contributed by atoms with Crippen LogP contribution in [0.3, 0.4) is 0 Å². The lowest BCUT2D eigenvalue weighted by Crippen LogP contribution is -2.27. The van der Waals surface area contributed by atoms with Crippen molar-refractivity contribution in [1.82, 2.24) is 10.6 Å². The Labute approximate surface area is 82.5 Å². The molecule has 0 aliphatic carbocycles. The Morgan fingerprint density at radius 3 is 2.31 bits per heavy atom. The maximum atomic E-state index is 5.39. The van der Waals surface area contributed by atoms with Gasteiger partial charge < -0.3 is 16.4 Å². The molecule has 0 amide bonds. The van der Waals surface area contributed by atoms with Crippen molar-refractivity contribution < 1.29 is 0 Å². The maximum absolute atomic E-state index is 5.39. The van der Waals surface area contributed by atoms with Gasteiger partial charge >= 0.3 is 0 Å². The average Bonchev–Trinajstić information content (AvgIpc) is 2.09. The van der Waals surface area contributed by atoms with E-state index in [2.05, 4.69) is 24.5 Å². The van der Waals surface area contributed by atoms with E-state index < -0.39 is 0 Å². The third-order valence-electron chi connectivity index (χ3n) is 1.89. The number of nitrogens with one attached hydrogen (secondary N) is 2. The van der Waals surface area contributed by atoms with Crippen LogP contribution in [-0.4, -0.2) is 32.2 Å². The fraction of sp³-hybridized carbons (Fsp3) is 1.00. The quantitative estimate of drug-likeness (QED) is 0.466. The van der Waals surface area contributed by atoms with Gasteiger partial charge in [0.25, 0.3) is 0 Å². The van der Waals surface area contributed by atoms with Crippen LogP contribution in [0.25, 0.3) is 0 Å². The third-order valence-corrected chi connectivity index (χ3v) is 1.89. The summed E-state index contributed by atoms with van der Waals surface area (Å²) >= 11 is 0. The summed E-state index contributed by atoms with van der Waals surface area (Å²) in [4.78, 5) is 0. The van der Waals surface area contributed by atoms with Crippen molar-refractivity contribution in [2.75, 3.05) is 26.2 Å². The molecule has 4 N–H and O–H groups in total. The minimum absolute atomic E-state index is 0.609. The molecule has 0 radical (unpaired) electrons. The van der Waals surface area contributed by atoms with Gasteiger partial charge in [-0.3, -0.25) is 0 Å². The monoisotopic (exact) mass is 187 g/mol. The Morgan fingerprint density at radius 1 is 1.00 bits per heavy atom. The lowest BCUT2D eigenvalue weighted by molar-refractivity contribution is 0.541. The third kappa shape index (κ3) is 11.9. The smallest absolute Gasteiger partial charge is 0.00103 e. The van der Waals surface area contributed by atoms with E-state index in [0.717, 1.165) is 32.6 Å². The standard InChI is InChI=1S/C10H25N3/c1-10(2)13-9-5-8-12-7-4-3-6-11/h10,12-13H,3-9,11H2,1-2H3. The second-order valence-electron chi connectivity index (χ2n) is 3.71. The number of unbranched alkanes of at least 4 members (excludes halogenated alkanes) is 1. The van der Waals surface area contributed by atoms with E-state index in [4.69, 9.17) is 5.73 Å². The van der Waals surface area contributed by atoms with Gasteiger partial charge in [-0.25, -0.2) is 0 Å². The first-order valence-electron chi connectivity index (χ1n) is 5.41. The highest BCUT2D eigenvalue weighted by Gasteiger charge is 1.91. The molecule has 0 heterocycles. The van der Waals surface area contributed by atoms with Crippen LogP contribution < -0.4 is 16.4 Å². The first kappa shape index (κ1) is 12.9. The lowest BCUT2D eigenvalue weighted by Gasteiger charge is -2.08. The van der Waals surface area contributed by atoms with Crippen LogP contribution in [-0.2, 0) is 0 Å². The Kier molecular flexibility index (Phi) is 9.87. The summed E-state index contributed by atoms with van der Waals surface area (Å²) in [7, 11) is 0. The van der Waals surface area contributed by atoms with Gasteiger partial charge in [-0.2, -0.15) is 0 Å². The fourth-order valence-electron chi connectivity index (χ4n) is 1.12. The predicted octanol–water partition coefficient (Wildman–Crippen LogP) is 0.703. The van der Waals surface area contributed by atoms with E-state index in [0.29, 0.717) is 6.04 Å². The van der Waals surface area contributed by atoms with Crippen molar-refractivity contribution in [3.63, 3.8) is 0 Å². The van der Waals surface area contributed by atoms with Gasteiger partial charge in [0, 0.05) is 6.04 Å². The minimum atomic E-state index is 0.609. The van der Waals surface area contributed by atoms with Gasteiger partial charge in [-0.15, -0.1) is 0 Å². The topological polar surface area (TPSA) is 50.1 Å². The summed E-state index contributed by atoms with van der Waals surface area (Å²) in [6.07, 6.45) is 3.55. The first-order valence-corrected chi connectivity index (χ1v) is 5.41. The molecular weight excluding hydrogens is 162 g/mol. The van der Waals surface area contributed by atoms with Crippen molar-refractivity contribution in [1.29, 1.82) is 0 Å². The van der Waals surface area contributed by atoms with E-state index >= 15 is 0 Å². The Morgan fingerprint density at radius 2 is 1.69 bits per heavy atom. The van der Waals surface area contributed by atoms with E-state index in [1.165, 1.54) is 12.8 Å². The number of hydrogen-bond acceptors (Lipinski definition) is 3. The number of rotatable bonds is 9. The molecule has 0 fully saturated rings. The second-order valence-corrected chi connectivity index (χ2v) is 3.71. The molecule has 3 nitrogen and oxygen atoms in total. The zero-order chi connectivity index (χ0) is 9.94. The minimum Gasteiger partial charge on any atom is -0.330 e. The summed E-state index contributed by atoms with van der Waals surface area (Å²) in [6.45, 7) is 8.50. The highest BCUT2D eigenvalue weighted by Crippen LogP contribution is 1.83. The number of nitrogens with two attached hydrogens (primary N) is 1. The van der Waals surface area contributed by atoms with Gasteiger partial charge in [0.15, 0.2) is 0 Å². The van der Waals surface area contributed by atoms with Gasteiger partial charge in [0.2, 0.25) is 0 Å². The Bertz CT molecular complexity index is 94.2. The molecule has 0 atom stereocenters. The SMILES string of the molecule is CC(C)NCCCNCCCCN. The van der Waals surface area contributed by atoms with E-state index in [1.807, 2.05) is 0 Å². The van der Waals surface area contributed by atoms with Crippen molar-refractivity contribution in [3.8, 4) is 0 Å². The van der Waals surface area contributed by atoms with Crippen LogP contribution in [0.1, 0.15) is 33.1 Å². The summed E-state index contributed by atoms with van der Waals surface area (Å²) in [5, 5.41) is 6.79. The van der Waals surface area contributed by atoms with Crippen LogP contribution in [0.4, 0.5) is 0 Å². The molecule has 0 saturated heterocycles. The maximum Gasteiger partial charge on any atom is 0.00103 e. The van der Waals surface area contributed by atoms with Crippen molar-refractivity contribution >= 4 is 0 Å². The van der Waals surface area contributed by atoms with E-state index in [9.17, 15) is 0 Å². The van der Waals surface area contributed by atoms with E-state index in [1.54, 1.807) is 0 Å². The Hall–Kier alpha value is -0.120. The van der Waals surface area contributed by atoms with Crippen LogP contribution in [0.15, 0.2) is 0 Å².